The molecule has 4 heteroatoms. The summed E-state index contributed by atoms with van der Waals surface area (Å²) >= 11 is 5.96. The first-order valence-electron chi connectivity index (χ1n) is 5.06. The Labute approximate surface area is 96.2 Å². The minimum atomic E-state index is 0.618. The van der Waals surface area contributed by atoms with E-state index in [1.165, 1.54) is 0 Å². The number of nitrogens with zero attached hydrogens (tertiary/aromatic N) is 1. The maximum atomic E-state index is 5.96. The molecule has 0 atom stereocenters. The third-order valence-electron chi connectivity index (χ3n) is 2.36. The van der Waals surface area contributed by atoms with E-state index in [0.717, 1.165) is 25.2 Å². The molecule has 0 saturated carbocycles. The Hall–Kier alpha value is -0.930. The van der Waals surface area contributed by atoms with Crippen LogP contribution in [0.25, 0.3) is 0 Å². The van der Waals surface area contributed by atoms with Crippen molar-refractivity contribution in [1.29, 1.82) is 0 Å². The summed E-state index contributed by atoms with van der Waals surface area (Å²) in [4.78, 5) is 2.12. The van der Waals surface area contributed by atoms with Crippen LogP contribution in [0.2, 0.25) is 5.02 Å². The molecule has 0 aromatic heterocycles. The fourth-order valence-electron chi connectivity index (χ4n) is 1.47. The predicted octanol–water partition coefficient (Wildman–Crippen LogP) is 1.97. The summed E-state index contributed by atoms with van der Waals surface area (Å²) in [6.45, 7) is 1.97. The van der Waals surface area contributed by atoms with Crippen molar-refractivity contribution in [2.75, 3.05) is 37.8 Å². The van der Waals surface area contributed by atoms with Gasteiger partial charge in [-0.05, 0) is 32.1 Å². The van der Waals surface area contributed by atoms with Crippen LogP contribution >= 0.6 is 11.6 Å². The Kier molecular flexibility index (Phi) is 4.72. The lowest BCUT2D eigenvalue weighted by molar-refractivity contribution is 0.713. The molecule has 0 radical (unpaired) electrons. The van der Waals surface area contributed by atoms with Crippen LogP contribution in [0.15, 0.2) is 18.2 Å². The molecular formula is C11H18ClN3. The molecule has 0 bridgehead atoms. The highest BCUT2D eigenvalue weighted by Gasteiger charge is 2.06. The first-order chi connectivity index (χ1) is 7.16. The van der Waals surface area contributed by atoms with Crippen molar-refractivity contribution in [3.05, 3.63) is 23.2 Å². The van der Waals surface area contributed by atoms with Crippen LogP contribution in [-0.4, -0.2) is 27.2 Å². The van der Waals surface area contributed by atoms with Crippen molar-refractivity contribution < 1.29 is 0 Å². The van der Waals surface area contributed by atoms with Crippen LogP contribution in [0.5, 0.6) is 0 Å². The molecule has 1 aromatic carbocycles. The second kappa shape index (κ2) is 5.83. The van der Waals surface area contributed by atoms with Gasteiger partial charge in [-0.1, -0.05) is 17.7 Å². The van der Waals surface area contributed by atoms with E-state index in [1.807, 2.05) is 32.3 Å². The average molecular weight is 228 g/mol. The summed E-state index contributed by atoms with van der Waals surface area (Å²) in [7, 11) is 3.98. The Morgan fingerprint density at radius 3 is 2.87 bits per heavy atom. The number of para-hydroxylation sites is 1. The van der Waals surface area contributed by atoms with Crippen molar-refractivity contribution in [2.24, 2.45) is 0 Å². The van der Waals surface area contributed by atoms with Crippen LogP contribution in [0, 0.1) is 0 Å². The largest absolute Gasteiger partial charge is 0.396 e. The van der Waals surface area contributed by atoms with Gasteiger partial charge >= 0.3 is 0 Å². The van der Waals surface area contributed by atoms with Gasteiger partial charge in [0, 0.05) is 13.6 Å². The van der Waals surface area contributed by atoms with Gasteiger partial charge in [-0.25, -0.2) is 0 Å². The number of anilines is 2. The molecule has 0 fully saturated rings. The molecule has 3 N–H and O–H groups in total. The fraction of sp³-hybridized carbons (Fsp3) is 0.455. The number of nitrogens with two attached hydrogens (primary N) is 1. The number of nitrogen functional groups attached to an aromatic ring is 1. The lowest BCUT2D eigenvalue weighted by Gasteiger charge is -2.21. The van der Waals surface area contributed by atoms with Gasteiger partial charge < -0.3 is 16.0 Å². The van der Waals surface area contributed by atoms with Gasteiger partial charge in [0.1, 0.15) is 0 Å². The first kappa shape index (κ1) is 12.1. The Bertz CT molecular complexity index is 315. The highest BCUT2D eigenvalue weighted by molar-refractivity contribution is 6.33. The lowest BCUT2D eigenvalue weighted by Crippen LogP contribution is -2.23. The van der Waals surface area contributed by atoms with E-state index in [-0.39, 0.29) is 0 Å². The summed E-state index contributed by atoms with van der Waals surface area (Å²) in [6.07, 6.45) is 1.08. The van der Waals surface area contributed by atoms with Crippen molar-refractivity contribution in [2.45, 2.75) is 6.42 Å². The fourth-order valence-corrected chi connectivity index (χ4v) is 1.64. The minimum Gasteiger partial charge on any atom is -0.396 e. The van der Waals surface area contributed by atoms with Gasteiger partial charge in [0.05, 0.1) is 16.4 Å². The summed E-state index contributed by atoms with van der Waals surface area (Å²) in [5, 5.41) is 3.74. The zero-order valence-electron chi connectivity index (χ0n) is 9.26. The number of nitrogens with one attached hydrogen (secondary N) is 1. The Morgan fingerprint density at radius 2 is 2.20 bits per heavy atom. The smallest absolute Gasteiger partial charge is 0.0741 e. The standard InChI is InChI=1S/C11H18ClN3/c1-14-7-4-8-15(2)10-6-3-5-9(12)11(10)13/h3,5-6,14H,4,7-8,13H2,1-2H3. The van der Waals surface area contributed by atoms with Crippen molar-refractivity contribution in [3.63, 3.8) is 0 Å². The van der Waals surface area contributed by atoms with E-state index >= 15 is 0 Å². The maximum absolute atomic E-state index is 5.96. The second-order valence-electron chi connectivity index (χ2n) is 3.55. The van der Waals surface area contributed by atoms with Gasteiger partial charge in [-0.2, -0.15) is 0 Å². The SMILES string of the molecule is CNCCCN(C)c1cccc(Cl)c1N. The highest BCUT2D eigenvalue weighted by Crippen LogP contribution is 2.29. The van der Waals surface area contributed by atoms with Gasteiger partial charge in [-0.15, -0.1) is 0 Å². The molecule has 3 nitrogen and oxygen atoms in total. The van der Waals surface area contributed by atoms with E-state index < -0.39 is 0 Å². The summed E-state index contributed by atoms with van der Waals surface area (Å²) in [6, 6.07) is 5.71. The van der Waals surface area contributed by atoms with Gasteiger partial charge in [0.15, 0.2) is 0 Å². The van der Waals surface area contributed by atoms with E-state index in [2.05, 4.69) is 10.2 Å². The Morgan fingerprint density at radius 1 is 1.47 bits per heavy atom. The molecule has 0 aliphatic rings. The topological polar surface area (TPSA) is 41.3 Å². The predicted molar refractivity (Wildman–Crippen MR) is 67.7 cm³/mol. The molecule has 84 valence electrons. The average Bonchev–Trinajstić information content (AvgIpc) is 2.22. The molecule has 15 heavy (non-hydrogen) atoms. The summed E-state index contributed by atoms with van der Waals surface area (Å²) < 4.78 is 0. The zero-order valence-corrected chi connectivity index (χ0v) is 10.0. The van der Waals surface area contributed by atoms with Crippen LogP contribution < -0.4 is 16.0 Å². The maximum Gasteiger partial charge on any atom is 0.0741 e. The number of hydrogen-bond donors (Lipinski definition) is 2. The molecule has 0 unspecified atom stereocenters. The number of rotatable bonds is 5. The molecule has 0 saturated heterocycles. The minimum absolute atomic E-state index is 0.618. The molecule has 1 aromatic rings. The van der Waals surface area contributed by atoms with Crippen molar-refractivity contribution >= 4 is 23.0 Å². The van der Waals surface area contributed by atoms with E-state index in [4.69, 9.17) is 17.3 Å². The van der Waals surface area contributed by atoms with Crippen LogP contribution in [-0.2, 0) is 0 Å². The summed E-state index contributed by atoms with van der Waals surface area (Å²) in [5.74, 6) is 0. The van der Waals surface area contributed by atoms with Crippen molar-refractivity contribution in [3.8, 4) is 0 Å². The van der Waals surface area contributed by atoms with E-state index in [0.29, 0.717) is 10.7 Å². The number of benzene rings is 1. The monoisotopic (exact) mass is 227 g/mol. The molecule has 1 rings (SSSR count). The molecule has 0 aliphatic carbocycles. The first-order valence-corrected chi connectivity index (χ1v) is 5.44. The van der Waals surface area contributed by atoms with Crippen LogP contribution in [0.4, 0.5) is 11.4 Å². The third kappa shape index (κ3) is 3.29. The normalized spacial score (nSPS) is 10.3. The molecule has 0 aliphatic heterocycles. The number of halogens is 1. The molecular weight excluding hydrogens is 210 g/mol. The highest BCUT2D eigenvalue weighted by atomic mass is 35.5. The van der Waals surface area contributed by atoms with Crippen LogP contribution in [0.3, 0.4) is 0 Å². The molecule has 0 heterocycles. The van der Waals surface area contributed by atoms with Gasteiger partial charge in [0.25, 0.3) is 0 Å². The summed E-state index contributed by atoms with van der Waals surface area (Å²) in [5.41, 5.74) is 7.56. The third-order valence-corrected chi connectivity index (χ3v) is 2.69. The second-order valence-corrected chi connectivity index (χ2v) is 3.96. The quantitative estimate of drug-likeness (QED) is 0.597. The van der Waals surface area contributed by atoms with Crippen LogP contribution in [0.1, 0.15) is 6.42 Å². The van der Waals surface area contributed by atoms with Crippen molar-refractivity contribution in [1.82, 2.24) is 5.32 Å². The van der Waals surface area contributed by atoms with Gasteiger partial charge in [0.2, 0.25) is 0 Å². The molecule has 0 amide bonds. The van der Waals surface area contributed by atoms with Gasteiger partial charge in [-0.3, -0.25) is 0 Å². The number of hydrogen-bond acceptors (Lipinski definition) is 3. The van der Waals surface area contributed by atoms with E-state index in [9.17, 15) is 0 Å². The van der Waals surface area contributed by atoms with E-state index in [1.54, 1.807) is 0 Å². The zero-order chi connectivity index (χ0) is 11.3. The lowest BCUT2D eigenvalue weighted by atomic mass is 10.2. The Balaban J connectivity index is 2.65. The molecule has 0 spiro atoms.